The second-order valence-corrected chi connectivity index (χ2v) is 9.56. The quantitative estimate of drug-likeness (QED) is 0.562. The Balaban J connectivity index is 1.72. The van der Waals surface area contributed by atoms with Crippen LogP contribution in [0.4, 0.5) is 9.52 Å². The molecule has 1 amide bonds. The summed E-state index contributed by atoms with van der Waals surface area (Å²) in [6.45, 7) is 4.24. The second-order valence-electron chi connectivity index (χ2n) is 6.51. The summed E-state index contributed by atoms with van der Waals surface area (Å²) in [4.78, 5) is 17.8. The van der Waals surface area contributed by atoms with Crippen molar-refractivity contribution in [3.63, 3.8) is 0 Å². The van der Waals surface area contributed by atoms with Crippen LogP contribution in [-0.2, 0) is 16.4 Å². The summed E-state index contributed by atoms with van der Waals surface area (Å²) in [5.74, 6) is -0.726. The fourth-order valence-corrected chi connectivity index (χ4v) is 5.28. The zero-order valence-electron chi connectivity index (χ0n) is 16.6. The van der Waals surface area contributed by atoms with Gasteiger partial charge in [-0.2, -0.15) is 4.31 Å². The second kappa shape index (κ2) is 9.46. The molecule has 0 spiro atoms. The Bertz CT molecular complexity index is 1120. The molecule has 0 saturated carbocycles. The van der Waals surface area contributed by atoms with E-state index in [2.05, 4.69) is 10.3 Å². The number of thiazole rings is 1. The van der Waals surface area contributed by atoms with Gasteiger partial charge in [0.2, 0.25) is 10.0 Å². The van der Waals surface area contributed by atoms with Gasteiger partial charge >= 0.3 is 0 Å². The Labute approximate surface area is 179 Å². The van der Waals surface area contributed by atoms with Gasteiger partial charge in [0.05, 0.1) is 4.90 Å². The minimum atomic E-state index is -3.65. The molecule has 30 heavy (non-hydrogen) atoms. The van der Waals surface area contributed by atoms with Crippen LogP contribution in [0.15, 0.2) is 59.6 Å². The molecule has 3 aromatic rings. The topological polar surface area (TPSA) is 79.4 Å². The minimum absolute atomic E-state index is 0.0787. The number of anilines is 1. The number of nitrogens with zero attached hydrogens (tertiary/aromatic N) is 2. The van der Waals surface area contributed by atoms with Crippen LogP contribution in [0.25, 0.3) is 0 Å². The monoisotopic (exact) mass is 447 g/mol. The highest BCUT2D eigenvalue weighted by Crippen LogP contribution is 2.23. The maximum Gasteiger partial charge on any atom is 0.257 e. The summed E-state index contributed by atoms with van der Waals surface area (Å²) >= 11 is 1.31. The van der Waals surface area contributed by atoms with E-state index in [1.54, 1.807) is 44.3 Å². The van der Waals surface area contributed by atoms with E-state index in [1.165, 1.54) is 39.9 Å². The minimum Gasteiger partial charge on any atom is -0.298 e. The number of hydrogen-bond acceptors (Lipinski definition) is 5. The van der Waals surface area contributed by atoms with Crippen LogP contribution in [-0.4, -0.2) is 36.7 Å². The van der Waals surface area contributed by atoms with Gasteiger partial charge in [0.15, 0.2) is 5.13 Å². The van der Waals surface area contributed by atoms with Gasteiger partial charge in [-0.1, -0.05) is 32.0 Å². The van der Waals surface area contributed by atoms with Gasteiger partial charge in [-0.05, 0) is 35.9 Å². The van der Waals surface area contributed by atoms with Crippen LogP contribution >= 0.6 is 11.3 Å². The number of benzene rings is 2. The van der Waals surface area contributed by atoms with Crippen molar-refractivity contribution in [2.24, 2.45) is 0 Å². The van der Waals surface area contributed by atoms with Gasteiger partial charge in [0, 0.05) is 36.1 Å². The van der Waals surface area contributed by atoms with Crippen LogP contribution in [0.5, 0.6) is 0 Å². The Morgan fingerprint density at radius 2 is 1.83 bits per heavy atom. The van der Waals surface area contributed by atoms with Crippen molar-refractivity contribution in [1.29, 1.82) is 0 Å². The summed E-state index contributed by atoms with van der Waals surface area (Å²) in [6.07, 6.45) is 2.23. The Kier molecular flexibility index (Phi) is 6.96. The van der Waals surface area contributed by atoms with Crippen LogP contribution in [0.1, 0.15) is 34.6 Å². The number of rotatable bonds is 8. The van der Waals surface area contributed by atoms with E-state index in [-0.39, 0.29) is 16.3 Å². The predicted molar refractivity (Wildman–Crippen MR) is 116 cm³/mol. The zero-order valence-corrected chi connectivity index (χ0v) is 18.3. The van der Waals surface area contributed by atoms with Crippen molar-refractivity contribution in [2.75, 3.05) is 18.4 Å². The number of carbonyl (C=O) groups is 1. The summed E-state index contributed by atoms with van der Waals surface area (Å²) in [5, 5.41) is 3.12. The average Bonchev–Trinajstić information content (AvgIpc) is 3.17. The highest BCUT2D eigenvalue weighted by molar-refractivity contribution is 7.89. The molecule has 1 N–H and O–H groups in total. The van der Waals surface area contributed by atoms with E-state index >= 15 is 0 Å². The molecule has 2 aromatic carbocycles. The SMILES string of the molecule is CCN(CC)S(=O)(=O)c1cccc(C(=O)Nc2ncc(Cc3ccc(F)cc3)s2)c1. The molecule has 6 nitrogen and oxygen atoms in total. The first-order valence-electron chi connectivity index (χ1n) is 9.44. The third kappa shape index (κ3) is 5.10. The van der Waals surface area contributed by atoms with Gasteiger partial charge in [-0.3, -0.25) is 10.1 Å². The van der Waals surface area contributed by atoms with Gasteiger partial charge in [-0.25, -0.2) is 17.8 Å². The molecule has 1 aromatic heterocycles. The molecule has 158 valence electrons. The molecular weight excluding hydrogens is 425 g/mol. The number of carbonyl (C=O) groups excluding carboxylic acids is 1. The summed E-state index contributed by atoms with van der Waals surface area (Å²) < 4.78 is 39.7. The largest absolute Gasteiger partial charge is 0.298 e. The lowest BCUT2D eigenvalue weighted by Gasteiger charge is -2.18. The molecule has 0 radical (unpaired) electrons. The number of hydrogen-bond donors (Lipinski definition) is 1. The maximum atomic E-state index is 13.0. The summed E-state index contributed by atoms with van der Waals surface area (Å²) in [7, 11) is -3.65. The average molecular weight is 448 g/mol. The predicted octanol–water partition coefficient (Wildman–Crippen LogP) is 4.16. The van der Waals surface area contributed by atoms with E-state index in [4.69, 9.17) is 0 Å². The standard InChI is InChI=1S/C21H22FN3O3S2/c1-3-25(4-2)30(27,28)19-7-5-6-16(13-19)20(26)24-21-23-14-18(29-21)12-15-8-10-17(22)11-9-15/h5-11,13-14H,3-4,12H2,1-2H3,(H,23,24,26). The summed E-state index contributed by atoms with van der Waals surface area (Å²) in [5.41, 5.74) is 1.17. The van der Waals surface area contributed by atoms with Crippen LogP contribution < -0.4 is 5.32 Å². The maximum absolute atomic E-state index is 13.0. The lowest BCUT2D eigenvalue weighted by molar-refractivity contribution is 0.102. The molecular formula is C21H22FN3O3S2. The van der Waals surface area contributed by atoms with Crippen LogP contribution in [0.3, 0.4) is 0 Å². The van der Waals surface area contributed by atoms with E-state index in [9.17, 15) is 17.6 Å². The molecule has 9 heteroatoms. The number of aromatic nitrogens is 1. The third-order valence-electron chi connectivity index (χ3n) is 4.51. The Morgan fingerprint density at radius 3 is 2.50 bits per heavy atom. The van der Waals surface area contributed by atoms with Crippen molar-refractivity contribution >= 4 is 32.4 Å². The molecule has 0 bridgehead atoms. The molecule has 0 aliphatic carbocycles. The van der Waals surface area contributed by atoms with Gasteiger partial charge in [0.25, 0.3) is 5.91 Å². The lowest BCUT2D eigenvalue weighted by atomic mass is 10.1. The number of nitrogens with one attached hydrogen (secondary N) is 1. The number of halogens is 1. The van der Waals surface area contributed by atoms with Crippen molar-refractivity contribution in [3.8, 4) is 0 Å². The normalized spacial score (nSPS) is 11.6. The third-order valence-corrected chi connectivity index (χ3v) is 7.46. The molecule has 0 atom stereocenters. The molecule has 0 aliphatic rings. The zero-order chi connectivity index (χ0) is 21.7. The fourth-order valence-electron chi connectivity index (χ4n) is 2.93. The molecule has 1 heterocycles. The highest BCUT2D eigenvalue weighted by atomic mass is 32.2. The fraction of sp³-hybridized carbons (Fsp3) is 0.238. The molecule has 0 aliphatic heterocycles. The Hall–Kier alpha value is -2.62. The highest BCUT2D eigenvalue weighted by Gasteiger charge is 2.22. The first-order chi connectivity index (χ1) is 14.3. The van der Waals surface area contributed by atoms with Crippen LogP contribution in [0.2, 0.25) is 0 Å². The molecule has 3 rings (SSSR count). The van der Waals surface area contributed by atoms with Crippen molar-refractivity contribution < 1.29 is 17.6 Å². The van der Waals surface area contributed by atoms with Crippen LogP contribution in [0, 0.1) is 5.82 Å². The lowest BCUT2D eigenvalue weighted by Crippen LogP contribution is -2.30. The Morgan fingerprint density at radius 1 is 1.13 bits per heavy atom. The molecule has 0 fully saturated rings. The van der Waals surface area contributed by atoms with Gasteiger partial charge in [-0.15, -0.1) is 11.3 Å². The van der Waals surface area contributed by atoms with E-state index in [0.717, 1.165) is 10.4 Å². The van der Waals surface area contributed by atoms with E-state index in [0.29, 0.717) is 24.6 Å². The van der Waals surface area contributed by atoms with E-state index < -0.39 is 15.9 Å². The smallest absolute Gasteiger partial charge is 0.257 e. The number of amides is 1. The van der Waals surface area contributed by atoms with Gasteiger partial charge in [0.1, 0.15) is 5.82 Å². The molecule has 0 unspecified atom stereocenters. The van der Waals surface area contributed by atoms with Crippen molar-refractivity contribution in [1.82, 2.24) is 9.29 Å². The molecule has 0 saturated heterocycles. The van der Waals surface area contributed by atoms with Crippen molar-refractivity contribution in [2.45, 2.75) is 25.2 Å². The van der Waals surface area contributed by atoms with E-state index in [1.807, 2.05) is 0 Å². The first-order valence-corrected chi connectivity index (χ1v) is 11.7. The van der Waals surface area contributed by atoms with Gasteiger partial charge < -0.3 is 0 Å². The number of sulfonamides is 1. The first kappa shape index (κ1) is 22.1. The summed E-state index contributed by atoms with van der Waals surface area (Å²) in [6, 6.07) is 12.2. The van der Waals surface area contributed by atoms with Crippen molar-refractivity contribution in [3.05, 3.63) is 76.5 Å².